The summed E-state index contributed by atoms with van der Waals surface area (Å²) in [6.45, 7) is -1.07. The third-order valence-electron chi connectivity index (χ3n) is 4.98. The summed E-state index contributed by atoms with van der Waals surface area (Å²) in [5, 5.41) is 61.2. The van der Waals surface area contributed by atoms with E-state index < -0.39 is 36.9 Å². The molecule has 0 aromatic heterocycles. The van der Waals surface area contributed by atoms with Gasteiger partial charge in [-0.05, 0) is 54.0 Å². The van der Waals surface area contributed by atoms with Crippen LogP contribution in [0.25, 0.3) is 12.2 Å². The first-order valence-electron chi connectivity index (χ1n) is 11.3. The molecule has 0 spiro atoms. The minimum atomic E-state index is -0.692. The molecule has 0 saturated heterocycles. The number of rotatable bonds is 13. The lowest BCUT2D eigenvalue weighted by molar-refractivity contribution is -0.117. The number of phenols is 2. The number of carbonyl (C=O) groups is 2. The number of phenolic OH excluding ortho intramolecular Hbond substituents is 2. The van der Waals surface area contributed by atoms with E-state index in [9.17, 15) is 30.3 Å². The van der Waals surface area contributed by atoms with Gasteiger partial charge in [0.1, 0.15) is 23.3 Å². The molecular weight excluding hydrogens is 512 g/mol. The Balaban J connectivity index is 1.94. The van der Waals surface area contributed by atoms with Crippen LogP contribution in [0.3, 0.4) is 0 Å². The molecule has 2 aromatic carbocycles. The molecular formula is C26H26N4O9. The number of amides is 2. The van der Waals surface area contributed by atoms with E-state index in [4.69, 9.17) is 24.4 Å². The molecule has 0 heterocycles. The number of ether oxygens (including phenoxy) is 3. The van der Waals surface area contributed by atoms with Crippen LogP contribution in [0, 0.1) is 22.7 Å². The molecule has 0 aliphatic heterocycles. The number of aliphatic hydroxyl groups excluding tert-OH is 2. The first-order chi connectivity index (χ1) is 18.8. The maximum absolute atomic E-state index is 12.4. The fourth-order valence-electron chi connectivity index (χ4n) is 3.15. The number of methoxy groups -OCH3 is 1. The van der Waals surface area contributed by atoms with Crippen molar-refractivity contribution in [2.75, 3.05) is 33.8 Å². The highest BCUT2D eigenvalue weighted by molar-refractivity contribution is 6.02. The molecule has 2 aromatic rings. The van der Waals surface area contributed by atoms with Gasteiger partial charge in [0.15, 0.2) is 36.6 Å². The fourth-order valence-corrected chi connectivity index (χ4v) is 3.15. The minimum absolute atomic E-state index is 0.0351. The van der Waals surface area contributed by atoms with Crippen molar-refractivity contribution < 1.29 is 44.2 Å². The monoisotopic (exact) mass is 538 g/mol. The summed E-state index contributed by atoms with van der Waals surface area (Å²) in [6, 6.07) is 10.4. The van der Waals surface area contributed by atoms with E-state index in [1.165, 1.54) is 43.5 Å². The molecule has 0 atom stereocenters. The van der Waals surface area contributed by atoms with Crippen LogP contribution < -0.4 is 24.8 Å². The Morgan fingerprint density at radius 1 is 0.846 bits per heavy atom. The van der Waals surface area contributed by atoms with Crippen LogP contribution in [0.5, 0.6) is 28.7 Å². The summed E-state index contributed by atoms with van der Waals surface area (Å²) in [5.74, 6) is -2.09. The summed E-state index contributed by atoms with van der Waals surface area (Å²) in [7, 11) is 1.28. The van der Waals surface area contributed by atoms with Gasteiger partial charge < -0.3 is 45.3 Å². The van der Waals surface area contributed by atoms with Crippen molar-refractivity contribution in [1.82, 2.24) is 10.6 Å². The molecule has 0 fully saturated rings. The smallest absolute Gasteiger partial charge is 0.261 e. The zero-order valence-electron chi connectivity index (χ0n) is 20.8. The highest BCUT2D eigenvalue weighted by Crippen LogP contribution is 2.36. The number of aromatic hydroxyl groups is 2. The minimum Gasteiger partial charge on any atom is -0.504 e. The van der Waals surface area contributed by atoms with Crippen molar-refractivity contribution in [2.24, 2.45) is 0 Å². The first-order valence-corrected chi connectivity index (χ1v) is 11.3. The Kier molecular flexibility index (Phi) is 11.6. The Bertz CT molecular complexity index is 1340. The Morgan fingerprint density at radius 2 is 1.38 bits per heavy atom. The van der Waals surface area contributed by atoms with E-state index in [0.29, 0.717) is 5.56 Å². The van der Waals surface area contributed by atoms with Gasteiger partial charge in [-0.25, -0.2) is 0 Å². The molecule has 2 amide bonds. The normalized spacial score (nSPS) is 11.1. The summed E-state index contributed by atoms with van der Waals surface area (Å²) in [6.07, 6.45) is 2.79. The first kappa shape index (κ1) is 30.0. The molecule has 0 aliphatic carbocycles. The van der Waals surface area contributed by atoms with Crippen LogP contribution in [0.2, 0.25) is 0 Å². The molecule has 0 radical (unpaired) electrons. The van der Waals surface area contributed by atoms with Gasteiger partial charge in [-0.3, -0.25) is 9.59 Å². The van der Waals surface area contributed by atoms with Crippen LogP contribution >= 0.6 is 0 Å². The van der Waals surface area contributed by atoms with Gasteiger partial charge in [0.2, 0.25) is 5.75 Å². The van der Waals surface area contributed by atoms with Gasteiger partial charge in [-0.15, -0.1) is 0 Å². The van der Waals surface area contributed by atoms with E-state index in [0.717, 1.165) is 6.07 Å². The molecule has 0 bridgehead atoms. The van der Waals surface area contributed by atoms with Gasteiger partial charge in [-0.1, -0.05) is 6.07 Å². The summed E-state index contributed by atoms with van der Waals surface area (Å²) < 4.78 is 14.9. The molecule has 0 unspecified atom stereocenters. The van der Waals surface area contributed by atoms with Crippen LogP contribution in [0.4, 0.5) is 0 Å². The summed E-state index contributed by atoms with van der Waals surface area (Å²) in [4.78, 5) is 24.7. The molecule has 0 aliphatic rings. The number of carbonyl (C=O) groups excluding carboxylic acids is 2. The van der Waals surface area contributed by atoms with E-state index in [-0.39, 0.29) is 53.5 Å². The second-order valence-electron chi connectivity index (χ2n) is 7.55. The molecule has 39 heavy (non-hydrogen) atoms. The predicted octanol–water partition coefficient (Wildman–Crippen LogP) is 0.900. The van der Waals surface area contributed by atoms with Crippen LogP contribution in [-0.4, -0.2) is 66.0 Å². The lowest BCUT2D eigenvalue weighted by Gasteiger charge is -2.10. The number of benzene rings is 2. The van der Waals surface area contributed by atoms with Gasteiger partial charge in [0.05, 0.1) is 7.11 Å². The fraction of sp³-hybridized carbons (Fsp3) is 0.231. The Hall–Kier alpha value is -5.24. The predicted molar refractivity (Wildman–Crippen MR) is 136 cm³/mol. The lowest BCUT2D eigenvalue weighted by Crippen LogP contribution is -2.30. The second-order valence-corrected chi connectivity index (χ2v) is 7.55. The number of nitriles is 2. The van der Waals surface area contributed by atoms with Crippen molar-refractivity contribution in [3.8, 4) is 40.9 Å². The number of nitrogens with one attached hydrogen (secondary N) is 2. The van der Waals surface area contributed by atoms with E-state index in [1.54, 1.807) is 12.1 Å². The Morgan fingerprint density at radius 3 is 1.92 bits per heavy atom. The quantitative estimate of drug-likeness (QED) is 0.0692. The third-order valence-corrected chi connectivity index (χ3v) is 4.98. The number of hydrogen-bond donors (Lipinski definition) is 6. The maximum Gasteiger partial charge on any atom is 0.261 e. The average Bonchev–Trinajstić information content (AvgIpc) is 2.93. The van der Waals surface area contributed by atoms with E-state index >= 15 is 0 Å². The molecule has 204 valence electrons. The van der Waals surface area contributed by atoms with Gasteiger partial charge in [0.25, 0.3) is 11.8 Å². The average molecular weight is 539 g/mol. The van der Waals surface area contributed by atoms with Crippen molar-refractivity contribution in [1.29, 1.82) is 10.5 Å². The second kappa shape index (κ2) is 15.1. The van der Waals surface area contributed by atoms with Crippen molar-refractivity contribution >= 4 is 24.0 Å². The number of aliphatic hydroxyl groups is 2. The highest BCUT2D eigenvalue weighted by Gasteiger charge is 2.14. The van der Waals surface area contributed by atoms with E-state index in [2.05, 4.69) is 10.6 Å². The third kappa shape index (κ3) is 8.68. The number of hydrogen-bond acceptors (Lipinski definition) is 11. The zero-order valence-corrected chi connectivity index (χ0v) is 20.8. The summed E-state index contributed by atoms with van der Waals surface area (Å²) >= 11 is 0. The SMILES string of the molecule is COc1cc(C=C(C#N)C(=O)NCCCNC(=O)C(C#N)=Cc2ccc(OCO)c(OCO)c2)cc(O)c1O. The van der Waals surface area contributed by atoms with Crippen LogP contribution in [0.1, 0.15) is 17.5 Å². The van der Waals surface area contributed by atoms with Gasteiger partial charge in [0, 0.05) is 13.1 Å². The molecule has 0 saturated carbocycles. The molecule has 6 N–H and O–H groups in total. The lowest BCUT2D eigenvalue weighted by atomic mass is 10.1. The van der Waals surface area contributed by atoms with Crippen molar-refractivity contribution in [3.63, 3.8) is 0 Å². The molecule has 13 nitrogen and oxygen atoms in total. The largest absolute Gasteiger partial charge is 0.504 e. The summed E-state index contributed by atoms with van der Waals surface area (Å²) in [5.41, 5.74) is 0.175. The molecule has 13 heteroatoms. The zero-order chi connectivity index (χ0) is 28.8. The van der Waals surface area contributed by atoms with Gasteiger partial charge in [-0.2, -0.15) is 10.5 Å². The number of nitrogens with zero attached hydrogens (tertiary/aromatic N) is 2. The van der Waals surface area contributed by atoms with Gasteiger partial charge >= 0.3 is 0 Å². The van der Waals surface area contributed by atoms with Crippen molar-refractivity contribution in [2.45, 2.75) is 6.42 Å². The topological polar surface area (TPSA) is 214 Å². The van der Waals surface area contributed by atoms with Crippen molar-refractivity contribution in [3.05, 3.63) is 52.6 Å². The van der Waals surface area contributed by atoms with Crippen LogP contribution in [-0.2, 0) is 9.59 Å². The highest BCUT2D eigenvalue weighted by atomic mass is 16.6. The Labute approximate surface area is 223 Å². The maximum atomic E-state index is 12.4. The van der Waals surface area contributed by atoms with Crippen LogP contribution in [0.15, 0.2) is 41.5 Å². The standard InChI is InChI=1S/C26H26N4O9/c1-37-23-11-17(9-20(33)24(23)34)8-19(13-28)26(36)30-6-2-5-29-25(35)18(12-27)7-16-3-4-21(38-14-31)22(10-16)39-15-32/h3-4,7-11,31-34H,2,5-6,14-15H2,1H3,(H,29,35)(H,30,36). The molecule has 2 rings (SSSR count). The van der Waals surface area contributed by atoms with E-state index in [1.807, 2.05) is 0 Å².